The van der Waals surface area contributed by atoms with E-state index in [0.29, 0.717) is 12.3 Å². The standard InChI is InChI=1S/C16H17F2NO/c1-2-19-10-12-6-3-4-9-15(12)20-11-13-7-5-8-14(17)16(13)18/h3-9,19H,2,10-11H2,1H3. The van der Waals surface area contributed by atoms with Crippen LogP contribution in [0.25, 0.3) is 0 Å². The molecule has 4 heteroatoms. The summed E-state index contributed by atoms with van der Waals surface area (Å²) in [7, 11) is 0. The molecule has 2 aromatic rings. The lowest BCUT2D eigenvalue weighted by molar-refractivity contribution is 0.293. The van der Waals surface area contributed by atoms with Crippen molar-refractivity contribution in [2.45, 2.75) is 20.1 Å². The van der Waals surface area contributed by atoms with Gasteiger partial charge in [0.25, 0.3) is 0 Å². The first-order valence-corrected chi connectivity index (χ1v) is 6.56. The number of nitrogens with one attached hydrogen (secondary N) is 1. The molecule has 0 aliphatic rings. The number of hydrogen-bond acceptors (Lipinski definition) is 2. The first kappa shape index (κ1) is 14.5. The average Bonchev–Trinajstić information content (AvgIpc) is 2.47. The largest absolute Gasteiger partial charge is 0.488 e. The molecule has 0 unspecified atom stereocenters. The van der Waals surface area contributed by atoms with Crippen molar-refractivity contribution in [1.82, 2.24) is 5.32 Å². The smallest absolute Gasteiger partial charge is 0.165 e. The van der Waals surface area contributed by atoms with Crippen LogP contribution in [0, 0.1) is 11.6 Å². The maximum atomic E-state index is 13.5. The predicted molar refractivity (Wildman–Crippen MR) is 74.5 cm³/mol. The van der Waals surface area contributed by atoms with E-state index in [4.69, 9.17) is 4.74 Å². The highest BCUT2D eigenvalue weighted by Crippen LogP contribution is 2.20. The van der Waals surface area contributed by atoms with E-state index in [1.54, 1.807) is 0 Å². The Morgan fingerprint density at radius 3 is 2.55 bits per heavy atom. The molecule has 0 atom stereocenters. The second kappa shape index (κ2) is 7.01. The molecule has 0 bridgehead atoms. The van der Waals surface area contributed by atoms with Gasteiger partial charge in [0.15, 0.2) is 11.6 Å². The van der Waals surface area contributed by atoms with Crippen LogP contribution in [0.1, 0.15) is 18.1 Å². The minimum Gasteiger partial charge on any atom is -0.488 e. The molecule has 0 saturated carbocycles. The van der Waals surface area contributed by atoms with E-state index >= 15 is 0 Å². The topological polar surface area (TPSA) is 21.3 Å². The van der Waals surface area contributed by atoms with Gasteiger partial charge in [-0.25, -0.2) is 8.78 Å². The molecule has 20 heavy (non-hydrogen) atoms. The molecule has 0 aliphatic heterocycles. The lowest BCUT2D eigenvalue weighted by atomic mass is 10.2. The van der Waals surface area contributed by atoms with Gasteiger partial charge in [-0.1, -0.05) is 37.3 Å². The van der Waals surface area contributed by atoms with E-state index in [1.807, 2.05) is 31.2 Å². The molecular formula is C16H17F2NO. The summed E-state index contributed by atoms with van der Waals surface area (Å²) in [5, 5.41) is 3.21. The van der Waals surface area contributed by atoms with E-state index in [-0.39, 0.29) is 12.2 Å². The van der Waals surface area contributed by atoms with Crippen LogP contribution >= 0.6 is 0 Å². The Hall–Kier alpha value is -1.94. The van der Waals surface area contributed by atoms with Gasteiger partial charge in [-0.2, -0.15) is 0 Å². The van der Waals surface area contributed by atoms with Crippen LogP contribution in [0.5, 0.6) is 5.75 Å². The lowest BCUT2D eigenvalue weighted by Gasteiger charge is -2.12. The summed E-state index contributed by atoms with van der Waals surface area (Å²) in [5.74, 6) is -1.03. The molecular weight excluding hydrogens is 260 g/mol. The van der Waals surface area contributed by atoms with Crippen molar-refractivity contribution in [2.75, 3.05) is 6.54 Å². The number of hydrogen-bond donors (Lipinski definition) is 1. The summed E-state index contributed by atoms with van der Waals surface area (Å²) in [6.45, 7) is 3.56. The van der Waals surface area contributed by atoms with Crippen molar-refractivity contribution in [3.8, 4) is 5.75 Å². The Bertz CT molecular complexity index is 572. The molecule has 1 N–H and O–H groups in total. The average molecular weight is 277 g/mol. The molecule has 2 nitrogen and oxygen atoms in total. The minimum absolute atomic E-state index is 0.00668. The summed E-state index contributed by atoms with van der Waals surface area (Å²) < 4.78 is 32.3. The third kappa shape index (κ3) is 3.54. The van der Waals surface area contributed by atoms with E-state index in [9.17, 15) is 8.78 Å². The van der Waals surface area contributed by atoms with Crippen LogP contribution in [0.3, 0.4) is 0 Å². The van der Waals surface area contributed by atoms with Crippen LogP contribution in [0.15, 0.2) is 42.5 Å². The second-order valence-electron chi connectivity index (χ2n) is 4.39. The number of benzene rings is 2. The Labute approximate surface area is 117 Å². The van der Waals surface area contributed by atoms with Gasteiger partial charge in [-0.3, -0.25) is 0 Å². The summed E-state index contributed by atoms with van der Waals surface area (Å²) in [6, 6.07) is 11.6. The fourth-order valence-corrected chi connectivity index (χ4v) is 1.87. The normalized spacial score (nSPS) is 10.6. The van der Waals surface area contributed by atoms with Crippen LogP contribution in [0.2, 0.25) is 0 Å². The number of rotatable bonds is 6. The summed E-state index contributed by atoms with van der Waals surface area (Å²) in [6.07, 6.45) is 0. The monoisotopic (exact) mass is 277 g/mol. The predicted octanol–water partition coefficient (Wildman–Crippen LogP) is 3.65. The van der Waals surface area contributed by atoms with Gasteiger partial charge in [0.2, 0.25) is 0 Å². The Kier molecular flexibility index (Phi) is 5.07. The molecule has 0 spiro atoms. The SMILES string of the molecule is CCNCc1ccccc1OCc1cccc(F)c1F. The van der Waals surface area contributed by atoms with Crippen LogP contribution in [-0.4, -0.2) is 6.54 Å². The molecule has 0 radical (unpaired) electrons. The van der Waals surface area contributed by atoms with Gasteiger partial charge in [0.1, 0.15) is 12.4 Å². The van der Waals surface area contributed by atoms with Gasteiger partial charge in [-0.15, -0.1) is 0 Å². The van der Waals surface area contributed by atoms with E-state index in [2.05, 4.69) is 5.32 Å². The van der Waals surface area contributed by atoms with Crippen molar-refractivity contribution in [3.63, 3.8) is 0 Å². The van der Waals surface area contributed by atoms with Crippen LogP contribution in [-0.2, 0) is 13.2 Å². The molecule has 0 aromatic heterocycles. The van der Waals surface area contributed by atoms with Gasteiger partial charge >= 0.3 is 0 Å². The maximum Gasteiger partial charge on any atom is 0.165 e. The Morgan fingerprint density at radius 1 is 1.00 bits per heavy atom. The number of para-hydroxylation sites is 1. The van der Waals surface area contributed by atoms with Crippen molar-refractivity contribution in [1.29, 1.82) is 0 Å². The van der Waals surface area contributed by atoms with Crippen LogP contribution < -0.4 is 10.1 Å². The summed E-state index contributed by atoms with van der Waals surface area (Å²) in [4.78, 5) is 0. The first-order chi connectivity index (χ1) is 9.72. The first-order valence-electron chi connectivity index (χ1n) is 6.56. The van der Waals surface area contributed by atoms with E-state index in [1.165, 1.54) is 12.1 Å². The van der Waals surface area contributed by atoms with Crippen molar-refractivity contribution < 1.29 is 13.5 Å². The van der Waals surface area contributed by atoms with Crippen molar-refractivity contribution >= 4 is 0 Å². The van der Waals surface area contributed by atoms with Crippen molar-refractivity contribution in [2.24, 2.45) is 0 Å². The fourth-order valence-electron chi connectivity index (χ4n) is 1.87. The van der Waals surface area contributed by atoms with Gasteiger partial charge in [0, 0.05) is 17.7 Å². The van der Waals surface area contributed by atoms with E-state index < -0.39 is 11.6 Å². The van der Waals surface area contributed by atoms with Crippen LogP contribution in [0.4, 0.5) is 8.78 Å². The molecule has 0 fully saturated rings. The quantitative estimate of drug-likeness (QED) is 0.870. The zero-order valence-corrected chi connectivity index (χ0v) is 11.3. The molecule has 0 amide bonds. The maximum absolute atomic E-state index is 13.5. The highest BCUT2D eigenvalue weighted by Gasteiger charge is 2.09. The Balaban J connectivity index is 2.09. The lowest BCUT2D eigenvalue weighted by Crippen LogP contribution is -2.13. The third-order valence-corrected chi connectivity index (χ3v) is 2.95. The molecule has 0 aliphatic carbocycles. The minimum atomic E-state index is -0.855. The highest BCUT2D eigenvalue weighted by molar-refractivity contribution is 5.33. The van der Waals surface area contributed by atoms with Gasteiger partial charge < -0.3 is 10.1 Å². The molecule has 2 aromatic carbocycles. The van der Waals surface area contributed by atoms with Gasteiger partial charge in [-0.05, 0) is 18.7 Å². The zero-order chi connectivity index (χ0) is 14.4. The third-order valence-electron chi connectivity index (χ3n) is 2.95. The zero-order valence-electron chi connectivity index (χ0n) is 11.3. The molecule has 0 heterocycles. The highest BCUT2D eigenvalue weighted by atomic mass is 19.2. The molecule has 106 valence electrons. The molecule has 0 saturated heterocycles. The van der Waals surface area contributed by atoms with E-state index in [0.717, 1.165) is 18.2 Å². The number of halogens is 2. The summed E-state index contributed by atoms with van der Waals surface area (Å²) >= 11 is 0. The fraction of sp³-hybridized carbons (Fsp3) is 0.250. The van der Waals surface area contributed by atoms with Gasteiger partial charge in [0.05, 0.1) is 0 Å². The number of ether oxygens (including phenoxy) is 1. The molecule has 2 rings (SSSR count). The van der Waals surface area contributed by atoms with Crippen molar-refractivity contribution in [3.05, 3.63) is 65.2 Å². The summed E-state index contributed by atoms with van der Waals surface area (Å²) in [5.41, 5.74) is 1.20. The Morgan fingerprint density at radius 2 is 1.75 bits per heavy atom. The second-order valence-corrected chi connectivity index (χ2v) is 4.39.